The number of nitrogens with one attached hydrogen (secondary N) is 2. The van der Waals surface area contributed by atoms with Crippen molar-refractivity contribution in [1.82, 2.24) is 20.6 Å². The summed E-state index contributed by atoms with van der Waals surface area (Å²) in [4.78, 5) is 38.5. The minimum atomic E-state index is -0.622. The van der Waals surface area contributed by atoms with E-state index < -0.39 is 11.8 Å². The third-order valence-corrected chi connectivity index (χ3v) is 5.17. The third kappa shape index (κ3) is 6.20. The van der Waals surface area contributed by atoms with E-state index in [4.69, 9.17) is 9.47 Å². The monoisotopic (exact) mass is 466 g/mol. The van der Waals surface area contributed by atoms with E-state index in [2.05, 4.69) is 22.9 Å². The topological polar surface area (TPSA) is 112 Å². The van der Waals surface area contributed by atoms with Gasteiger partial charge >= 0.3 is 0 Å². The van der Waals surface area contributed by atoms with Crippen LogP contribution in [0, 0.1) is 0 Å². The number of aromatic nitrogens is 2. The highest BCUT2D eigenvalue weighted by atomic mass is 16.5. The van der Waals surface area contributed by atoms with Crippen molar-refractivity contribution in [1.29, 1.82) is 0 Å². The van der Waals surface area contributed by atoms with Crippen molar-refractivity contribution in [3.63, 3.8) is 0 Å². The van der Waals surface area contributed by atoms with E-state index in [1.165, 1.54) is 4.68 Å². The van der Waals surface area contributed by atoms with Gasteiger partial charge in [0.2, 0.25) is 0 Å². The Hall–Kier alpha value is -3.72. The van der Waals surface area contributed by atoms with Crippen molar-refractivity contribution in [2.45, 2.75) is 39.7 Å². The van der Waals surface area contributed by atoms with Crippen LogP contribution in [-0.2, 0) is 11.3 Å². The van der Waals surface area contributed by atoms with E-state index in [1.54, 1.807) is 48.5 Å². The van der Waals surface area contributed by atoms with Crippen LogP contribution in [0.1, 0.15) is 54.0 Å². The van der Waals surface area contributed by atoms with Crippen molar-refractivity contribution in [2.75, 3.05) is 19.8 Å². The molecule has 2 N–H and O–H groups in total. The van der Waals surface area contributed by atoms with E-state index in [0.29, 0.717) is 42.9 Å². The largest absolute Gasteiger partial charge is 0.490 e. The van der Waals surface area contributed by atoms with Crippen LogP contribution >= 0.6 is 0 Å². The maximum absolute atomic E-state index is 13.0. The number of para-hydroxylation sites is 1. The number of benzene rings is 2. The van der Waals surface area contributed by atoms with Gasteiger partial charge < -0.3 is 9.47 Å². The molecule has 9 nitrogen and oxygen atoms in total. The Kier molecular flexibility index (Phi) is 9.16. The summed E-state index contributed by atoms with van der Waals surface area (Å²) < 4.78 is 12.2. The summed E-state index contributed by atoms with van der Waals surface area (Å²) in [6.45, 7) is 5.64. The van der Waals surface area contributed by atoms with E-state index in [0.717, 1.165) is 19.3 Å². The first-order chi connectivity index (χ1) is 16.6. The Labute approximate surface area is 198 Å². The molecule has 0 fully saturated rings. The van der Waals surface area contributed by atoms with Crippen LogP contribution in [0.4, 0.5) is 0 Å². The molecule has 0 aliphatic rings. The number of ether oxygens (including phenoxy) is 2. The highest BCUT2D eigenvalue weighted by molar-refractivity contribution is 6.06. The maximum atomic E-state index is 13.0. The second-order valence-electron chi connectivity index (χ2n) is 7.58. The van der Waals surface area contributed by atoms with Gasteiger partial charge in [-0.15, -0.1) is 0 Å². The smallest absolute Gasteiger partial charge is 0.290 e. The van der Waals surface area contributed by atoms with Gasteiger partial charge in [0.15, 0.2) is 5.69 Å². The Bertz CT molecular complexity index is 1190. The van der Waals surface area contributed by atoms with E-state index in [-0.39, 0.29) is 16.8 Å². The van der Waals surface area contributed by atoms with Crippen molar-refractivity contribution < 1.29 is 19.1 Å². The quantitative estimate of drug-likeness (QED) is 0.332. The molecule has 0 saturated heterocycles. The number of amides is 2. The molecule has 0 bridgehead atoms. The van der Waals surface area contributed by atoms with Crippen LogP contribution in [0.5, 0.6) is 5.75 Å². The first-order valence-electron chi connectivity index (χ1n) is 11.5. The number of hydrogen-bond donors (Lipinski definition) is 2. The van der Waals surface area contributed by atoms with Crippen molar-refractivity contribution in [3.8, 4) is 5.75 Å². The summed E-state index contributed by atoms with van der Waals surface area (Å²) in [7, 11) is 0. The summed E-state index contributed by atoms with van der Waals surface area (Å²) in [5, 5.41) is 5.12. The molecule has 1 heterocycles. The molecule has 180 valence electrons. The number of hydrazine groups is 1. The lowest BCUT2D eigenvalue weighted by molar-refractivity contribution is 0.0837. The average Bonchev–Trinajstić information content (AvgIpc) is 2.86. The number of aryl methyl sites for hydroxylation is 1. The molecule has 2 amide bonds. The van der Waals surface area contributed by atoms with Crippen molar-refractivity contribution in [3.05, 3.63) is 70.1 Å². The molecule has 9 heteroatoms. The molecule has 0 aliphatic heterocycles. The standard InChI is InChI=1S/C25H30N4O5/c1-3-5-10-15-29-25(32)19-12-7-6-11-18(19)22(28-29)24(31)27-26-23(30)20-13-8-9-14-21(20)34-17-16-33-4-2/h6-9,11-14H,3-5,10,15-17H2,1-2H3,(H,26,30)(H,27,31). The second kappa shape index (κ2) is 12.5. The fourth-order valence-corrected chi connectivity index (χ4v) is 3.44. The first-order valence-corrected chi connectivity index (χ1v) is 11.5. The minimum absolute atomic E-state index is 0.0632. The molecular weight excluding hydrogens is 436 g/mol. The van der Waals surface area contributed by atoms with Gasteiger partial charge in [-0.3, -0.25) is 25.2 Å². The predicted molar refractivity (Wildman–Crippen MR) is 129 cm³/mol. The van der Waals surface area contributed by atoms with Gasteiger partial charge in [0.05, 0.1) is 17.6 Å². The summed E-state index contributed by atoms with van der Waals surface area (Å²) in [5.74, 6) is -0.786. The number of hydrogen-bond acceptors (Lipinski definition) is 6. The Balaban J connectivity index is 1.76. The lowest BCUT2D eigenvalue weighted by atomic mass is 10.1. The average molecular weight is 467 g/mol. The normalized spacial score (nSPS) is 10.8. The molecule has 0 spiro atoms. The van der Waals surface area contributed by atoms with Crippen LogP contribution in [-0.4, -0.2) is 41.4 Å². The van der Waals surface area contributed by atoms with Crippen LogP contribution < -0.4 is 21.1 Å². The summed E-state index contributed by atoms with van der Waals surface area (Å²) in [6, 6.07) is 13.5. The van der Waals surface area contributed by atoms with Gasteiger partial charge in [-0.1, -0.05) is 50.1 Å². The highest BCUT2D eigenvalue weighted by Gasteiger charge is 2.18. The van der Waals surface area contributed by atoms with Gasteiger partial charge in [0.25, 0.3) is 17.4 Å². The summed E-state index contributed by atoms with van der Waals surface area (Å²) in [6.07, 6.45) is 2.72. The lowest BCUT2D eigenvalue weighted by Gasteiger charge is -2.13. The number of unbranched alkanes of at least 4 members (excludes halogenated alkanes) is 2. The molecule has 34 heavy (non-hydrogen) atoms. The van der Waals surface area contributed by atoms with Gasteiger partial charge in [-0.2, -0.15) is 5.10 Å². The number of rotatable bonds is 11. The predicted octanol–water partition coefficient (Wildman–Crippen LogP) is 3.08. The molecule has 3 aromatic rings. The van der Waals surface area contributed by atoms with Crippen LogP contribution in [0.2, 0.25) is 0 Å². The zero-order chi connectivity index (χ0) is 24.3. The highest BCUT2D eigenvalue weighted by Crippen LogP contribution is 2.18. The zero-order valence-corrected chi connectivity index (χ0v) is 19.5. The van der Waals surface area contributed by atoms with E-state index in [1.807, 2.05) is 6.92 Å². The van der Waals surface area contributed by atoms with E-state index in [9.17, 15) is 14.4 Å². The molecule has 0 radical (unpaired) electrons. The number of nitrogens with zero attached hydrogens (tertiary/aromatic N) is 2. The second-order valence-corrected chi connectivity index (χ2v) is 7.58. The Morgan fingerprint density at radius 1 is 0.912 bits per heavy atom. The number of fused-ring (bicyclic) bond motifs is 1. The molecule has 0 saturated carbocycles. The lowest BCUT2D eigenvalue weighted by Crippen LogP contribution is -2.43. The Morgan fingerprint density at radius 3 is 2.38 bits per heavy atom. The van der Waals surface area contributed by atoms with Gasteiger partial charge in [0.1, 0.15) is 12.4 Å². The van der Waals surface area contributed by atoms with Crippen molar-refractivity contribution >= 4 is 22.6 Å². The van der Waals surface area contributed by atoms with E-state index >= 15 is 0 Å². The minimum Gasteiger partial charge on any atom is -0.490 e. The summed E-state index contributed by atoms with van der Waals surface area (Å²) >= 11 is 0. The fraction of sp³-hybridized carbons (Fsp3) is 0.360. The fourth-order valence-electron chi connectivity index (χ4n) is 3.44. The first kappa shape index (κ1) is 24.9. The molecule has 0 aliphatic carbocycles. The number of carbonyl (C=O) groups excluding carboxylic acids is 2. The Morgan fingerprint density at radius 2 is 1.62 bits per heavy atom. The van der Waals surface area contributed by atoms with Crippen LogP contribution in [0.15, 0.2) is 53.3 Å². The van der Waals surface area contributed by atoms with Crippen LogP contribution in [0.3, 0.4) is 0 Å². The molecular formula is C25H30N4O5. The molecule has 2 aromatic carbocycles. The zero-order valence-electron chi connectivity index (χ0n) is 19.5. The van der Waals surface area contributed by atoms with Gasteiger partial charge in [-0.25, -0.2) is 4.68 Å². The van der Waals surface area contributed by atoms with Crippen LogP contribution in [0.25, 0.3) is 10.8 Å². The molecule has 1 aromatic heterocycles. The molecule has 0 atom stereocenters. The SMILES string of the molecule is CCCCCn1nc(C(=O)NNC(=O)c2ccccc2OCCOCC)c2ccccc2c1=O. The van der Waals surface area contributed by atoms with Crippen molar-refractivity contribution in [2.24, 2.45) is 0 Å². The summed E-state index contributed by atoms with van der Waals surface area (Å²) in [5.41, 5.74) is 4.91. The molecule has 0 unspecified atom stereocenters. The number of carbonyl (C=O) groups is 2. The van der Waals surface area contributed by atoms with Gasteiger partial charge in [-0.05, 0) is 31.5 Å². The molecule has 3 rings (SSSR count). The maximum Gasteiger partial charge on any atom is 0.290 e. The third-order valence-electron chi connectivity index (χ3n) is 5.17. The van der Waals surface area contributed by atoms with Gasteiger partial charge in [0, 0.05) is 18.5 Å².